The Hall–Kier alpha value is -2.37. The average molecular weight is 392 g/mol. The van der Waals surface area contributed by atoms with Crippen LogP contribution in [0.1, 0.15) is 46.1 Å². The topological polar surface area (TPSA) is 54.7 Å². The van der Waals surface area contributed by atoms with E-state index in [9.17, 15) is 4.79 Å². The minimum absolute atomic E-state index is 0.0637. The van der Waals surface area contributed by atoms with Gasteiger partial charge in [0.05, 0.1) is 10.9 Å². The minimum Gasteiger partial charge on any atom is -0.478 e. The molecule has 0 amide bonds. The van der Waals surface area contributed by atoms with Crippen LogP contribution in [0, 0.1) is 0 Å². The molecule has 2 aliphatic rings. The molecule has 0 bridgehead atoms. The van der Waals surface area contributed by atoms with Crippen LogP contribution in [0.4, 0.5) is 0 Å². The molecule has 5 heteroatoms. The normalized spacial score (nSPS) is 21.8. The van der Waals surface area contributed by atoms with E-state index in [1.807, 2.05) is 36.4 Å². The minimum atomic E-state index is -0.289. The standard InChI is InChI=1S/C24H28N2O3/c1-23(2)11-15(12-24(3,4)25-23)26-13-19-20(28-14-26)10-9-17-16-7-5-6-8-18(16)22(27)29-21(17)19/h5-10,15,25H,11-14H2,1-4H3. The Morgan fingerprint density at radius 1 is 0.966 bits per heavy atom. The summed E-state index contributed by atoms with van der Waals surface area (Å²) in [6, 6.07) is 12.1. The van der Waals surface area contributed by atoms with Gasteiger partial charge in [0.25, 0.3) is 0 Å². The van der Waals surface area contributed by atoms with Crippen LogP contribution in [0.2, 0.25) is 0 Å². The van der Waals surface area contributed by atoms with Crippen molar-refractivity contribution in [3.63, 3.8) is 0 Å². The number of nitrogens with zero attached hydrogens (tertiary/aromatic N) is 1. The third-order valence-corrected chi connectivity index (χ3v) is 6.28. The van der Waals surface area contributed by atoms with Crippen LogP contribution in [-0.2, 0) is 6.54 Å². The first-order valence-corrected chi connectivity index (χ1v) is 10.4. The summed E-state index contributed by atoms with van der Waals surface area (Å²) in [5.74, 6) is 0.819. The molecular formula is C24H28N2O3. The maximum absolute atomic E-state index is 12.6. The first-order valence-electron chi connectivity index (χ1n) is 10.4. The Kier molecular flexibility index (Phi) is 4.06. The lowest BCUT2D eigenvalue weighted by Gasteiger charge is -2.50. The number of hydrogen-bond acceptors (Lipinski definition) is 5. The first kappa shape index (κ1) is 18.6. The quantitative estimate of drug-likeness (QED) is 0.491. The van der Waals surface area contributed by atoms with Crippen molar-refractivity contribution >= 4 is 21.7 Å². The van der Waals surface area contributed by atoms with Gasteiger partial charge < -0.3 is 14.5 Å². The Balaban J connectivity index is 1.58. The predicted molar refractivity (Wildman–Crippen MR) is 115 cm³/mol. The van der Waals surface area contributed by atoms with Gasteiger partial charge in [0.1, 0.15) is 18.1 Å². The van der Waals surface area contributed by atoms with Gasteiger partial charge in [-0.3, -0.25) is 4.90 Å². The highest BCUT2D eigenvalue weighted by Gasteiger charge is 2.41. The van der Waals surface area contributed by atoms with Gasteiger partial charge in [-0.1, -0.05) is 18.2 Å². The highest BCUT2D eigenvalue weighted by Crippen LogP contribution is 2.38. The van der Waals surface area contributed by atoms with Gasteiger partial charge in [0.2, 0.25) is 0 Å². The molecule has 3 aromatic rings. The fourth-order valence-electron chi connectivity index (χ4n) is 5.43. The molecule has 0 spiro atoms. The zero-order chi connectivity index (χ0) is 20.4. The Morgan fingerprint density at radius 3 is 2.38 bits per heavy atom. The molecule has 5 rings (SSSR count). The molecule has 0 aliphatic carbocycles. The van der Waals surface area contributed by atoms with Crippen LogP contribution in [0.3, 0.4) is 0 Å². The highest BCUT2D eigenvalue weighted by molar-refractivity contribution is 6.05. The lowest BCUT2D eigenvalue weighted by Crippen LogP contribution is -2.62. The molecule has 1 saturated heterocycles. The molecule has 2 aliphatic heterocycles. The molecule has 1 fully saturated rings. The number of rotatable bonds is 1. The molecule has 1 aromatic heterocycles. The van der Waals surface area contributed by atoms with Crippen LogP contribution in [0.15, 0.2) is 45.6 Å². The van der Waals surface area contributed by atoms with Crippen LogP contribution in [-0.4, -0.2) is 28.8 Å². The fourth-order valence-corrected chi connectivity index (χ4v) is 5.43. The van der Waals surface area contributed by atoms with Crippen molar-refractivity contribution in [1.29, 1.82) is 0 Å². The van der Waals surface area contributed by atoms with Crippen LogP contribution in [0.25, 0.3) is 21.7 Å². The van der Waals surface area contributed by atoms with Gasteiger partial charge in [-0.25, -0.2) is 4.79 Å². The van der Waals surface area contributed by atoms with Crippen molar-refractivity contribution in [3.05, 3.63) is 52.4 Å². The predicted octanol–water partition coefficient (Wildman–Crippen LogP) is 4.41. The largest absolute Gasteiger partial charge is 0.478 e. The monoisotopic (exact) mass is 392 g/mol. The van der Waals surface area contributed by atoms with E-state index < -0.39 is 0 Å². The maximum atomic E-state index is 12.6. The number of hydrogen-bond donors (Lipinski definition) is 1. The molecular weight excluding hydrogens is 364 g/mol. The van der Waals surface area contributed by atoms with E-state index in [1.54, 1.807) is 0 Å². The van der Waals surface area contributed by atoms with E-state index in [1.165, 1.54) is 0 Å². The molecule has 0 unspecified atom stereocenters. The van der Waals surface area contributed by atoms with Crippen molar-refractivity contribution < 1.29 is 9.15 Å². The molecule has 29 heavy (non-hydrogen) atoms. The van der Waals surface area contributed by atoms with Crippen LogP contribution < -0.4 is 15.7 Å². The smallest absolute Gasteiger partial charge is 0.344 e. The maximum Gasteiger partial charge on any atom is 0.344 e. The van der Waals surface area contributed by atoms with E-state index in [4.69, 9.17) is 9.15 Å². The Labute approximate surface area is 170 Å². The summed E-state index contributed by atoms with van der Waals surface area (Å²) in [5.41, 5.74) is 1.47. The second-order valence-corrected chi connectivity index (χ2v) is 9.83. The Bertz CT molecular complexity index is 1150. The summed E-state index contributed by atoms with van der Waals surface area (Å²) >= 11 is 0. The highest BCUT2D eigenvalue weighted by atomic mass is 16.5. The molecule has 1 N–H and O–H groups in total. The molecule has 3 heterocycles. The van der Waals surface area contributed by atoms with Crippen molar-refractivity contribution in [2.24, 2.45) is 0 Å². The average Bonchev–Trinajstić information content (AvgIpc) is 2.65. The number of fused-ring (bicyclic) bond motifs is 5. The third kappa shape index (κ3) is 3.22. The number of nitrogens with one attached hydrogen (secondary N) is 1. The van der Waals surface area contributed by atoms with E-state index in [2.05, 4.69) is 37.9 Å². The summed E-state index contributed by atoms with van der Waals surface area (Å²) < 4.78 is 11.9. The van der Waals surface area contributed by atoms with Crippen molar-refractivity contribution in [1.82, 2.24) is 10.2 Å². The number of benzene rings is 2. The summed E-state index contributed by atoms with van der Waals surface area (Å²) in [5, 5.41) is 6.27. The van der Waals surface area contributed by atoms with Crippen molar-refractivity contribution in [2.45, 2.75) is 64.2 Å². The molecule has 0 saturated carbocycles. The fraction of sp³-hybridized carbons (Fsp3) is 0.458. The second kappa shape index (κ2) is 6.31. The number of ether oxygens (including phenoxy) is 1. The van der Waals surface area contributed by atoms with Crippen molar-refractivity contribution in [3.8, 4) is 5.75 Å². The second-order valence-electron chi connectivity index (χ2n) is 9.83. The van der Waals surface area contributed by atoms with Gasteiger partial charge >= 0.3 is 5.63 Å². The van der Waals surface area contributed by atoms with Gasteiger partial charge in [-0.05, 0) is 64.1 Å². The summed E-state index contributed by atoms with van der Waals surface area (Å²) in [6.07, 6.45) is 2.10. The first-order chi connectivity index (χ1) is 13.7. The molecule has 0 atom stereocenters. The summed E-state index contributed by atoms with van der Waals surface area (Å²) in [7, 11) is 0. The lowest BCUT2D eigenvalue weighted by atomic mass is 9.79. The van der Waals surface area contributed by atoms with Gasteiger partial charge in [0.15, 0.2) is 0 Å². The zero-order valence-electron chi connectivity index (χ0n) is 17.5. The third-order valence-electron chi connectivity index (χ3n) is 6.28. The summed E-state index contributed by atoms with van der Waals surface area (Å²) in [6.45, 7) is 10.3. The van der Waals surface area contributed by atoms with Crippen molar-refractivity contribution in [2.75, 3.05) is 6.73 Å². The summed E-state index contributed by atoms with van der Waals surface area (Å²) in [4.78, 5) is 15.0. The van der Waals surface area contributed by atoms with Crippen LogP contribution in [0.5, 0.6) is 5.75 Å². The van der Waals surface area contributed by atoms with E-state index in [-0.39, 0.29) is 16.7 Å². The molecule has 2 aromatic carbocycles. The van der Waals surface area contributed by atoms with E-state index in [0.29, 0.717) is 23.7 Å². The molecule has 0 radical (unpaired) electrons. The van der Waals surface area contributed by atoms with E-state index in [0.717, 1.165) is 41.5 Å². The van der Waals surface area contributed by atoms with E-state index >= 15 is 0 Å². The Morgan fingerprint density at radius 2 is 1.66 bits per heavy atom. The van der Waals surface area contributed by atoms with Gasteiger partial charge in [0, 0.05) is 29.1 Å². The zero-order valence-corrected chi connectivity index (χ0v) is 17.5. The van der Waals surface area contributed by atoms with Crippen LogP contribution >= 0.6 is 0 Å². The number of piperidine rings is 1. The molecule has 152 valence electrons. The SMILES string of the molecule is CC1(C)CC(N2COc3ccc4c(oc(=O)c5ccccc54)c3C2)CC(C)(C)N1. The van der Waals surface area contributed by atoms with Gasteiger partial charge in [-0.2, -0.15) is 0 Å². The molecule has 5 nitrogen and oxygen atoms in total. The van der Waals surface area contributed by atoms with Gasteiger partial charge in [-0.15, -0.1) is 0 Å². The lowest BCUT2D eigenvalue weighted by molar-refractivity contribution is 0.00317.